The number of hydrogen-bond acceptors (Lipinski definition) is 7. The first kappa shape index (κ1) is 25.7. The van der Waals surface area contributed by atoms with Crippen LogP contribution < -0.4 is 5.32 Å². The minimum Gasteiger partial charge on any atom is -0.462 e. The van der Waals surface area contributed by atoms with Crippen LogP contribution in [0, 0.1) is 12.8 Å². The van der Waals surface area contributed by atoms with Gasteiger partial charge in [-0.3, -0.25) is 9.48 Å². The van der Waals surface area contributed by atoms with Gasteiger partial charge in [0.05, 0.1) is 31.2 Å². The Morgan fingerprint density at radius 2 is 1.82 bits per heavy atom. The Labute approximate surface area is 198 Å². The lowest BCUT2D eigenvalue weighted by molar-refractivity contribution is -0.141. The fraction of sp³-hybridized carbons (Fsp3) is 0.545. The largest absolute Gasteiger partial charge is 0.462 e. The highest BCUT2D eigenvalue weighted by Gasteiger charge is 2.38. The number of nitrogens with zero attached hydrogens (tertiary/aromatic N) is 2. The van der Waals surface area contributed by atoms with Crippen LogP contribution in [0.5, 0.6) is 0 Å². The van der Waals surface area contributed by atoms with Crippen molar-refractivity contribution in [2.45, 2.75) is 59.2 Å². The number of aromatic nitrogens is 2. The number of rotatable bonds is 9. The minimum atomic E-state index is -4.58. The van der Waals surface area contributed by atoms with E-state index in [1.807, 2.05) is 0 Å². The topological polar surface area (TPSA) is 99.5 Å². The highest BCUT2D eigenvalue weighted by Crippen LogP contribution is 2.42. The summed E-state index contributed by atoms with van der Waals surface area (Å²) in [6.45, 7) is 6.54. The molecule has 34 heavy (non-hydrogen) atoms. The van der Waals surface area contributed by atoms with Crippen molar-refractivity contribution in [2.24, 2.45) is 5.92 Å². The molecule has 2 heterocycles. The highest BCUT2D eigenvalue weighted by atomic mass is 32.1. The van der Waals surface area contributed by atoms with Crippen molar-refractivity contribution in [2.75, 3.05) is 18.5 Å². The predicted octanol–water partition coefficient (Wildman–Crippen LogP) is 4.78. The van der Waals surface area contributed by atoms with Crippen molar-refractivity contribution >= 4 is 34.2 Å². The summed E-state index contributed by atoms with van der Waals surface area (Å²) in [5.74, 6) is -2.64. The van der Waals surface area contributed by atoms with Gasteiger partial charge in [-0.25, -0.2) is 9.59 Å². The third-order valence-electron chi connectivity index (χ3n) is 5.32. The average molecular weight is 502 g/mol. The quantitative estimate of drug-likeness (QED) is 0.497. The number of halogens is 3. The molecule has 0 aliphatic heterocycles. The van der Waals surface area contributed by atoms with Crippen molar-refractivity contribution in [3.05, 3.63) is 33.5 Å². The lowest BCUT2D eigenvalue weighted by atomic mass is 10.1. The van der Waals surface area contributed by atoms with E-state index in [1.165, 1.54) is 4.68 Å². The summed E-state index contributed by atoms with van der Waals surface area (Å²) in [7, 11) is 0. The van der Waals surface area contributed by atoms with Gasteiger partial charge in [0.1, 0.15) is 9.88 Å². The first-order valence-corrected chi connectivity index (χ1v) is 11.7. The van der Waals surface area contributed by atoms with E-state index in [2.05, 4.69) is 10.4 Å². The lowest BCUT2D eigenvalue weighted by Crippen LogP contribution is -2.26. The van der Waals surface area contributed by atoms with Crippen LogP contribution in [0.2, 0.25) is 0 Å². The number of thiophene rings is 1. The lowest BCUT2D eigenvalue weighted by Gasteiger charge is -2.14. The number of esters is 2. The molecule has 1 saturated carbocycles. The second kappa shape index (κ2) is 10.2. The second-order valence-electron chi connectivity index (χ2n) is 8.00. The van der Waals surface area contributed by atoms with Crippen LogP contribution in [-0.2, 0) is 27.0 Å². The number of alkyl halides is 3. The van der Waals surface area contributed by atoms with Crippen molar-refractivity contribution in [3.63, 3.8) is 0 Å². The summed E-state index contributed by atoms with van der Waals surface area (Å²) in [5, 5.41) is 6.44. The number of ether oxygens (including phenoxy) is 2. The molecule has 8 nitrogen and oxygen atoms in total. The van der Waals surface area contributed by atoms with Gasteiger partial charge in [0.25, 0.3) is 0 Å². The van der Waals surface area contributed by atoms with Crippen molar-refractivity contribution in [1.29, 1.82) is 0 Å². The van der Waals surface area contributed by atoms with Crippen molar-refractivity contribution < 1.29 is 37.0 Å². The Bertz CT molecular complexity index is 1090. The van der Waals surface area contributed by atoms with E-state index < -0.39 is 35.6 Å². The zero-order valence-electron chi connectivity index (χ0n) is 19.2. The summed E-state index contributed by atoms with van der Waals surface area (Å²) < 4.78 is 50.8. The van der Waals surface area contributed by atoms with Gasteiger partial charge >= 0.3 is 18.1 Å². The summed E-state index contributed by atoms with van der Waals surface area (Å²) in [5.41, 5.74) is -0.161. The molecule has 0 bridgehead atoms. The molecule has 186 valence electrons. The van der Waals surface area contributed by atoms with E-state index in [4.69, 9.17) is 9.47 Å². The van der Waals surface area contributed by atoms with E-state index in [0.717, 1.165) is 30.2 Å². The highest BCUT2D eigenvalue weighted by molar-refractivity contribution is 7.18. The van der Waals surface area contributed by atoms with Crippen molar-refractivity contribution in [1.82, 2.24) is 9.78 Å². The fourth-order valence-corrected chi connectivity index (χ4v) is 4.53. The molecule has 1 atom stereocenters. The molecular formula is C22H26F3N3O5S. The molecule has 3 rings (SSSR count). The molecule has 2 aromatic rings. The zero-order chi connectivity index (χ0) is 25.2. The van der Waals surface area contributed by atoms with Gasteiger partial charge in [0, 0.05) is 11.6 Å². The number of nitrogens with one attached hydrogen (secondary N) is 1. The Morgan fingerprint density at radius 1 is 1.21 bits per heavy atom. The summed E-state index contributed by atoms with van der Waals surface area (Å²) >= 11 is 0.887. The standard InChI is InChI=1S/C22H26F3N3O5S/c1-5-32-20(30)16-12(4)17(21(31)33-6-2)34-19(16)26-18(29)11(3)10-28-14(13-7-8-13)9-15(27-28)22(23,24)25/h9,11,13H,5-8,10H2,1-4H3,(H,26,29). The Hall–Kier alpha value is -2.89. The van der Waals surface area contributed by atoms with Gasteiger partial charge in [-0.05, 0) is 45.2 Å². The number of carbonyl (C=O) groups is 3. The SMILES string of the molecule is CCOC(=O)c1sc(NC(=O)C(C)Cn2nc(C(F)(F)F)cc2C2CC2)c(C(=O)OCC)c1C. The predicted molar refractivity (Wildman–Crippen MR) is 118 cm³/mol. The van der Waals surface area contributed by atoms with Crippen LogP contribution >= 0.6 is 11.3 Å². The van der Waals surface area contributed by atoms with Crippen LogP contribution in [0.25, 0.3) is 0 Å². The average Bonchev–Trinajstić information content (AvgIpc) is 3.41. The molecule has 12 heteroatoms. The molecule has 2 aromatic heterocycles. The number of amides is 1. The van der Waals surface area contributed by atoms with Crippen LogP contribution in [0.4, 0.5) is 18.2 Å². The van der Waals surface area contributed by atoms with Crippen LogP contribution in [0.1, 0.15) is 76.5 Å². The van der Waals surface area contributed by atoms with Gasteiger partial charge in [-0.15, -0.1) is 11.3 Å². The second-order valence-corrected chi connectivity index (χ2v) is 9.02. The molecule has 1 amide bonds. The molecule has 1 N–H and O–H groups in total. The zero-order valence-corrected chi connectivity index (χ0v) is 20.1. The third kappa shape index (κ3) is 5.60. The molecular weight excluding hydrogens is 475 g/mol. The Morgan fingerprint density at radius 3 is 2.38 bits per heavy atom. The van der Waals surface area contributed by atoms with Gasteiger partial charge in [-0.1, -0.05) is 6.92 Å². The van der Waals surface area contributed by atoms with E-state index >= 15 is 0 Å². The maximum atomic E-state index is 13.2. The van der Waals surface area contributed by atoms with Crippen LogP contribution in [-0.4, -0.2) is 40.8 Å². The van der Waals surface area contributed by atoms with Gasteiger partial charge in [0.15, 0.2) is 5.69 Å². The summed E-state index contributed by atoms with van der Waals surface area (Å²) in [6, 6.07) is 1.04. The molecule has 0 aromatic carbocycles. The first-order chi connectivity index (χ1) is 16.0. The molecule has 0 spiro atoms. The Kier molecular flexibility index (Phi) is 7.69. The normalized spacial score (nSPS) is 14.6. The third-order valence-corrected chi connectivity index (χ3v) is 6.50. The maximum absolute atomic E-state index is 13.2. The molecule has 1 unspecified atom stereocenters. The molecule has 0 radical (unpaired) electrons. The first-order valence-electron chi connectivity index (χ1n) is 10.9. The molecule has 1 aliphatic carbocycles. The van der Waals surface area contributed by atoms with Crippen molar-refractivity contribution in [3.8, 4) is 0 Å². The summed E-state index contributed by atoms with van der Waals surface area (Å²) in [6.07, 6.45) is -3.03. The van der Waals surface area contributed by atoms with E-state index in [9.17, 15) is 27.6 Å². The van der Waals surface area contributed by atoms with E-state index in [0.29, 0.717) is 11.3 Å². The summed E-state index contributed by atoms with van der Waals surface area (Å²) in [4.78, 5) is 37.9. The number of hydrogen-bond donors (Lipinski definition) is 1. The maximum Gasteiger partial charge on any atom is 0.435 e. The van der Waals surface area contributed by atoms with Gasteiger partial charge < -0.3 is 14.8 Å². The number of carbonyl (C=O) groups excluding carboxylic acids is 3. The number of anilines is 1. The monoisotopic (exact) mass is 501 g/mol. The van der Waals surface area contributed by atoms with Crippen LogP contribution in [0.3, 0.4) is 0 Å². The Balaban J connectivity index is 1.83. The molecule has 1 aliphatic rings. The minimum absolute atomic E-state index is 0.00126. The van der Waals surface area contributed by atoms with E-state index in [-0.39, 0.29) is 41.1 Å². The van der Waals surface area contributed by atoms with Gasteiger partial charge in [-0.2, -0.15) is 18.3 Å². The molecule has 0 saturated heterocycles. The molecule has 1 fully saturated rings. The van der Waals surface area contributed by atoms with Gasteiger partial charge in [0.2, 0.25) is 5.91 Å². The van der Waals surface area contributed by atoms with Crippen LogP contribution in [0.15, 0.2) is 6.07 Å². The fourth-order valence-electron chi connectivity index (χ4n) is 3.44. The smallest absolute Gasteiger partial charge is 0.435 e. The van der Waals surface area contributed by atoms with E-state index in [1.54, 1.807) is 27.7 Å².